The summed E-state index contributed by atoms with van der Waals surface area (Å²) in [6.07, 6.45) is 0. The maximum Gasteiger partial charge on any atom is 0.251 e. The lowest BCUT2D eigenvalue weighted by Crippen LogP contribution is -2.30. The molecule has 0 bridgehead atoms. The van der Waals surface area contributed by atoms with Gasteiger partial charge in [0.25, 0.3) is 5.91 Å². The minimum absolute atomic E-state index is 0.0796. The third kappa shape index (κ3) is 4.58. The van der Waals surface area contributed by atoms with Crippen LogP contribution < -0.4 is 5.32 Å². The molecule has 3 aromatic rings. The van der Waals surface area contributed by atoms with E-state index in [9.17, 15) is 17.6 Å². The number of sulfonamides is 1. The van der Waals surface area contributed by atoms with Crippen molar-refractivity contribution in [3.05, 3.63) is 71.7 Å². The first-order chi connectivity index (χ1) is 14.4. The number of nitrogens with zero attached hydrogens (tertiary/aromatic N) is 2. The highest BCUT2D eigenvalue weighted by atomic mass is 32.2. The molecule has 3 rings (SSSR count). The summed E-state index contributed by atoms with van der Waals surface area (Å²) in [5.74, 6) is -0.551. The number of rotatable bonds is 8. The number of nitrogens with one attached hydrogen (secondary N) is 1. The number of amides is 1. The highest BCUT2D eigenvalue weighted by Crippen LogP contribution is 2.23. The molecule has 2 aromatic carbocycles. The Labute approximate surface area is 174 Å². The summed E-state index contributed by atoms with van der Waals surface area (Å²) >= 11 is 0. The van der Waals surface area contributed by atoms with Gasteiger partial charge in [-0.25, -0.2) is 12.8 Å². The Morgan fingerprint density at radius 3 is 2.40 bits per heavy atom. The summed E-state index contributed by atoms with van der Waals surface area (Å²) in [6, 6.07) is 13.5. The van der Waals surface area contributed by atoms with Crippen molar-refractivity contribution in [1.82, 2.24) is 14.8 Å². The van der Waals surface area contributed by atoms with Gasteiger partial charge >= 0.3 is 0 Å². The summed E-state index contributed by atoms with van der Waals surface area (Å²) in [4.78, 5) is 12.5. The second kappa shape index (κ2) is 9.19. The molecule has 0 fully saturated rings. The zero-order chi connectivity index (χ0) is 21.7. The van der Waals surface area contributed by atoms with Crippen molar-refractivity contribution in [3.63, 3.8) is 0 Å². The molecule has 0 unspecified atom stereocenters. The Hall–Kier alpha value is -3.04. The second-order valence-electron chi connectivity index (χ2n) is 6.46. The van der Waals surface area contributed by atoms with Crippen molar-refractivity contribution in [3.8, 4) is 11.3 Å². The third-order valence-electron chi connectivity index (χ3n) is 4.59. The summed E-state index contributed by atoms with van der Waals surface area (Å²) in [5.41, 5.74) is 1.03. The van der Waals surface area contributed by atoms with E-state index >= 15 is 0 Å². The van der Waals surface area contributed by atoms with E-state index in [-0.39, 0.29) is 22.8 Å². The molecule has 30 heavy (non-hydrogen) atoms. The minimum Gasteiger partial charge on any atom is -0.356 e. The summed E-state index contributed by atoms with van der Waals surface area (Å²) in [7, 11) is -3.58. The summed E-state index contributed by atoms with van der Waals surface area (Å²) < 4.78 is 45.3. The lowest BCUT2D eigenvalue weighted by atomic mass is 10.1. The molecule has 1 aromatic heterocycles. The average molecular weight is 431 g/mol. The van der Waals surface area contributed by atoms with Gasteiger partial charge in [-0.15, -0.1) is 0 Å². The molecule has 1 amide bonds. The van der Waals surface area contributed by atoms with Crippen LogP contribution in [0.2, 0.25) is 0 Å². The lowest BCUT2D eigenvalue weighted by Gasteiger charge is -2.18. The number of halogens is 1. The molecule has 0 aliphatic carbocycles. The number of carbonyl (C=O) groups excluding carboxylic acids is 1. The van der Waals surface area contributed by atoms with Crippen LogP contribution in [0.15, 0.2) is 64.0 Å². The molecule has 0 aliphatic rings. The van der Waals surface area contributed by atoms with Crippen LogP contribution in [0, 0.1) is 5.82 Å². The normalized spacial score (nSPS) is 11.6. The molecule has 9 heteroatoms. The third-order valence-corrected chi connectivity index (χ3v) is 6.65. The van der Waals surface area contributed by atoms with Gasteiger partial charge in [0.15, 0.2) is 5.76 Å². The first kappa shape index (κ1) is 21.7. The van der Waals surface area contributed by atoms with Crippen molar-refractivity contribution < 1.29 is 22.1 Å². The number of hydrogen-bond acceptors (Lipinski definition) is 5. The maximum atomic E-state index is 13.8. The first-order valence-corrected chi connectivity index (χ1v) is 10.9. The number of benzene rings is 2. The maximum absolute atomic E-state index is 13.8. The van der Waals surface area contributed by atoms with E-state index in [0.717, 1.165) is 0 Å². The summed E-state index contributed by atoms with van der Waals surface area (Å²) in [6.45, 7) is 4.35. The van der Waals surface area contributed by atoms with Gasteiger partial charge in [0, 0.05) is 24.7 Å². The molecule has 7 nitrogen and oxygen atoms in total. The highest BCUT2D eigenvalue weighted by molar-refractivity contribution is 7.89. The van der Waals surface area contributed by atoms with Crippen molar-refractivity contribution in [2.75, 3.05) is 13.1 Å². The minimum atomic E-state index is -3.58. The van der Waals surface area contributed by atoms with Crippen molar-refractivity contribution in [2.24, 2.45) is 0 Å². The van der Waals surface area contributed by atoms with Gasteiger partial charge in [0.05, 0.1) is 17.0 Å². The van der Waals surface area contributed by atoms with Crippen LogP contribution in [0.1, 0.15) is 29.9 Å². The van der Waals surface area contributed by atoms with Crippen LogP contribution >= 0.6 is 0 Å². The quantitative estimate of drug-likeness (QED) is 0.590. The van der Waals surface area contributed by atoms with E-state index in [1.54, 1.807) is 38.1 Å². The van der Waals surface area contributed by atoms with Gasteiger partial charge in [-0.1, -0.05) is 31.1 Å². The van der Waals surface area contributed by atoms with Crippen molar-refractivity contribution >= 4 is 15.9 Å². The van der Waals surface area contributed by atoms with E-state index in [2.05, 4.69) is 10.5 Å². The second-order valence-corrected chi connectivity index (χ2v) is 8.40. The molecule has 158 valence electrons. The zero-order valence-electron chi connectivity index (χ0n) is 16.6. The Bertz CT molecular complexity index is 1120. The smallest absolute Gasteiger partial charge is 0.251 e. The number of hydrogen-bond donors (Lipinski definition) is 1. The van der Waals surface area contributed by atoms with Crippen LogP contribution in [0.25, 0.3) is 11.3 Å². The Balaban J connectivity index is 1.65. The molecule has 1 N–H and O–H groups in total. The van der Waals surface area contributed by atoms with Gasteiger partial charge in [0.1, 0.15) is 11.5 Å². The molecule has 0 saturated carbocycles. The van der Waals surface area contributed by atoms with Gasteiger partial charge < -0.3 is 9.84 Å². The fraction of sp³-hybridized carbons (Fsp3) is 0.238. The van der Waals surface area contributed by atoms with Crippen LogP contribution in [0.3, 0.4) is 0 Å². The van der Waals surface area contributed by atoms with E-state index in [1.807, 2.05) is 0 Å². The molecular formula is C21H22FN3O4S. The Kier molecular flexibility index (Phi) is 6.63. The van der Waals surface area contributed by atoms with Gasteiger partial charge in [-0.2, -0.15) is 4.31 Å². The summed E-state index contributed by atoms with van der Waals surface area (Å²) in [5, 5.41) is 6.53. The molecule has 0 spiro atoms. The molecule has 0 aliphatic heterocycles. The molecular weight excluding hydrogens is 409 g/mol. The first-order valence-electron chi connectivity index (χ1n) is 9.45. The van der Waals surface area contributed by atoms with Crippen LogP contribution in [0.5, 0.6) is 0 Å². The average Bonchev–Trinajstić information content (AvgIpc) is 3.22. The van der Waals surface area contributed by atoms with Crippen LogP contribution in [0.4, 0.5) is 4.39 Å². The van der Waals surface area contributed by atoms with E-state index in [0.29, 0.717) is 24.3 Å². The van der Waals surface area contributed by atoms with Crippen molar-refractivity contribution in [1.29, 1.82) is 0 Å². The van der Waals surface area contributed by atoms with E-state index in [4.69, 9.17) is 4.52 Å². The van der Waals surface area contributed by atoms with E-state index < -0.39 is 21.7 Å². The van der Waals surface area contributed by atoms with Gasteiger partial charge in [0.2, 0.25) is 10.0 Å². The largest absolute Gasteiger partial charge is 0.356 e. The standard InChI is InChI=1S/C21H22FN3O4S/c1-3-25(4-2)30(27,28)17-11-9-15(10-12-17)21(26)23-14-16-13-20(29-24-16)18-7-5-6-8-19(18)22/h5-13H,3-4,14H2,1-2H3,(H,23,26). The Morgan fingerprint density at radius 1 is 1.10 bits per heavy atom. The molecule has 0 saturated heterocycles. The number of carbonyl (C=O) groups is 1. The fourth-order valence-corrected chi connectivity index (χ4v) is 4.40. The fourth-order valence-electron chi connectivity index (χ4n) is 2.95. The SMILES string of the molecule is CCN(CC)S(=O)(=O)c1ccc(C(=O)NCc2cc(-c3ccccc3F)on2)cc1. The number of aromatic nitrogens is 1. The molecule has 0 atom stereocenters. The molecule has 1 heterocycles. The predicted octanol–water partition coefficient (Wildman–Crippen LogP) is 3.44. The zero-order valence-corrected chi connectivity index (χ0v) is 17.4. The van der Waals surface area contributed by atoms with Crippen molar-refractivity contribution in [2.45, 2.75) is 25.3 Å². The highest BCUT2D eigenvalue weighted by Gasteiger charge is 2.21. The predicted molar refractivity (Wildman–Crippen MR) is 110 cm³/mol. The Morgan fingerprint density at radius 2 is 1.77 bits per heavy atom. The van der Waals surface area contributed by atoms with Crippen LogP contribution in [-0.4, -0.2) is 36.9 Å². The van der Waals surface area contributed by atoms with Crippen LogP contribution in [-0.2, 0) is 16.6 Å². The van der Waals surface area contributed by atoms with Gasteiger partial charge in [-0.3, -0.25) is 4.79 Å². The van der Waals surface area contributed by atoms with Gasteiger partial charge in [-0.05, 0) is 36.4 Å². The molecule has 0 radical (unpaired) electrons. The monoisotopic (exact) mass is 431 g/mol. The van der Waals surface area contributed by atoms with E-state index in [1.165, 1.54) is 34.6 Å². The lowest BCUT2D eigenvalue weighted by molar-refractivity contribution is 0.0950. The topological polar surface area (TPSA) is 92.5 Å².